The van der Waals surface area contributed by atoms with E-state index in [9.17, 15) is 0 Å². The third-order valence-corrected chi connectivity index (χ3v) is 3.58. The summed E-state index contributed by atoms with van der Waals surface area (Å²) in [6.07, 6.45) is 2.84. The van der Waals surface area contributed by atoms with Gasteiger partial charge in [0.05, 0.1) is 6.61 Å². The summed E-state index contributed by atoms with van der Waals surface area (Å²) in [4.78, 5) is 0. The van der Waals surface area contributed by atoms with Gasteiger partial charge in [-0.05, 0) is 33.9 Å². The second-order valence-corrected chi connectivity index (χ2v) is 4.50. The first-order valence-corrected chi connectivity index (χ1v) is 5.59. The van der Waals surface area contributed by atoms with E-state index in [2.05, 4.69) is 30.3 Å². The molecule has 0 radical (unpaired) electrons. The number of ether oxygens (including phenoxy) is 2. The monoisotopic (exact) mass is 212 g/mol. The minimum atomic E-state index is 0.284. The summed E-state index contributed by atoms with van der Waals surface area (Å²) in [5, 5.41) is 0. The van der Waals surface area contributed by atoms with Crippen LogP contribution in [0.25, 0.3) is 11.1 Å². The van der Waals surface area contributed by atoms with E-state index < -0.39 is 0 Å². The Morgan fingerprint density at radius 1 is 1.19 bits per heavy atom. The standard InChI is InChI=1S/C14H12O2/c1-15-7-8-6-11-9-4-2-3-5-10(9)12(11)14-13(8)16-14/h2-6,13-14H,7H2,1H3. The predicted molar refractivity (Wildman–Crippen MR) is 61.9 cm³/mol. The molecule has 1 heterocycles. The van der Waals surface area contributed by atoms with E-state index in [4.69, 9.17) is 9.47 Å². The van der Waals surface area contributed by atoms with E-state index in [-0.39, 0.29) is 6.10 Å². The Morgan fingerprint density at radius 2 is 2.00 bits per heavy atom. The van der Waals surface area contributed by atoms with E-state index in [0.29, 0.717) is 12.7 Å². The quantitative estimate of drug-likeness (QED) is 0.701. The molecule has 0 spiro atoms. The smallest absolute Gasteiger partial charge is 0.115 e. The maximum atomic E-state index is 5.73. The largest absolute Gasteiger partial charge is 0.380 e. The van der Waals surface area contributed by atoms with Crippen LogP contribution in [0, 0.1) is 0 Å². The number of rotatable bonds is 2. The first-order valence-electron chi connectivity index (χ1n) is 5.59. The molecule has 16 heavy (non-hydrogen) atoms. The lowest BCUT2D eigenvalue weighted by atomic mass is 9.74. The van der Waals surface area contributed by atoms with Gasteiger partial charge in [0.1, 0.15) is 12.2 Å². The Kier molecular flexibility index (Phi) is 1.55. The third kappa shape index (κ3) is 0.938. The molecule has 0 aromatic heterocycles. The number of benzene rings is 1. The van der Waals surface area contributed by atoms with Gasteiger partial charge in [0.15, 0.2) is 0 Å². The molecule has 2 aliphatic carbocycles. The van der Waals surface area contributed by atoms with E-state index in [1.165, 1.54) is 27.8 Å². The van der Waals surface area contributed by atoms with E-state index in [1.807, 2.05) is 0 Å². The summed E-state index contributed by atoms with van der Waals surface area (Å²) < 4.78 is 10.9. The van der Waals surface area contributed by atoms with Crippen LogP contribution in [-0.4, -0.2) is 25.9 Å². The molecular formula is C14H12O2. The molecule has 1 aromatic rings. The molecule has 2 atom stereocenters. The van der Waals surface area contributed by atoms with Gasteiger partial charge in [-0.3, -0.25) is 0 Å². The lowest BCUT2D eigenvalue weighted by molar-refractivity contribution is 0.218. The molecule has 1 aromatic carbocycles. The van der Waals surface area contributed by atoms with Crippen molar-refractivity contribution in [2.75, 3.05) is 13.7 Å². The van der Waals surface area contributed by atoms with Crippen molar-refractivity contribution < 1.29 is 9.47 Å². The fourth-order valence-corrected chi connectivity index (χ4v) is 2.81. The highest BCUT2D eigenvalue weighted by Gasteiger charge is 2.51. The average molecular weight is 212 g/mol. The molecule has 0 bridgehead atoms. The van der Waals surface area contributed by atoms with Crippen molar-refractivity contribution in [1.29, 1.82) is 0 Å². The first kappa shape index (κ1) is 8.74. The maximum absolute atomic E-state index is 5.73. The molecule has 4 rings (SSSR count). The van der Waals surface area contributed by atoms with Gasteiger partial charge in [-0.2, -0.15) is 0 Å². The van der Waals surface area contributed by atoms with Gasteiger partial charge in [0.25, 0.3) is 0 Å². The van der Waals surface area contributed by atoms with Crippen LogP contribution in [0.3, 0.4) is 0 Å². The van der Waals surface area contributed by atoms with Gasteiger partial charge in [0.2, 0.25) is 0 Å². The normalized spacial score (nSPS) is 28.7. The van der Waals surface area contributed by atoms with Crippen molar-refractivity contribution in [3.8, 4) is 0 Å². The molecule has 1 fully saturated rings. The van der Waals surface area contributed by atoms with Crippen molar-refractivity contribution >= 4 is 11.1 Å². The fourth-order valence-electron chi connectivity index (χ4n) is 2.81. The van der Waals surface area contributed by atoms with Gasteiger partial charge in [-0.25, -0.2) is 0 Å². The van der Waals surface area contributed by atoms with Crippen molar-refractivity contribution in [1.82, 2.24) is 0 Å². The number of hydrogen-bond donors (Lipinski definition) is 0. The Balaban J connectivity index is 1.81. The molecule has 2 heteroatoms. The van der Waals surface area contributed by atoms with Crippen molar-refractivity contribution in [2.24, 2.45) is 0 Å². The van der Waals surface area contributed by atoms with Crippen LogP contribution in [0.15, 0.2) is 35.9 Å². The second kappa shape index (κ2) is 2.84. The lowest BCUT2D eigenvalue weighted by Gasteiger charge is -2.28. The number of epoxide rings is 1. The lowest BCUT2D eigenvalue weighted by Crippen LogP contribution is -2.18. The first-order chi connectivity index (χ1) is 7.90. The molecule has 80 valence electrons. The van der Waals surface area contributed by atoms with E-state index in [1.54, 1.807) is 7.11 Å². The van der Waals surface area contributed by atoms with Gasteiger partial charge >= 0.3 is 0 Å². The summed E-state index contributed by atoms with van der Waals surface area (Å²) >= 11 is 0. The summed E-state index contributed by atoms with van der Waals surface area (Å²) in [5.74, 6) is 0. The molecule has 1 saturated heterocycles. The van der Waals surface area contributed by atoms with Crippen LogP contribution in [0.5, 0.6) is 0 Å². The van der Waals surface area contributed by atoms with Crippen LogP contribution in [0.2, 0.25) is 0 Å². The molecule has 0 N–H and O–H groups in total. The zero-order valence-electron chi connectivity index (χ0n) is 9.07. The zero-order chi connectivity index (χ0) is 10.7. The van der Waals surface area contributed by atoms with Crippen LogP contribution in [0.1, 0.15) is 11.1 Å². The van der Waals surface area contributed by atoms with E-state index in [0.717, 1.165) is 0 Å². The highest BCUT2D eigenvalue weighted by Crippen LogP contribution is 2.54. The van der Waals surface area contributed by atoms with Crippen molar-refractivity contribution in [3.05, 3.63) is 47.0 Å². The summed E-state index contributed by atoms with van der Waals surface area (Å²) in [7, 11) is 1.73. The summed E-state index contributed by atoms with van der Waals surface area (Å²) in [6, 6.07) is 8.54. The Hall–Kier alpha value is -1.38. The minimum Gasteiger partial charge on any atom is -0.380 e. The molecule has 0 saturated carbocycles. The SMILES string of the molecule is COCC1=CC2=C(c3ccccc32)C2OC12. The maximum Gasteiger partial charge on any atom is 0.115 e. The van der Waals surface area contributed by atoms with Gasteiger partial charge < -0.3 is 9.47 Å². The molecule has 1 aliphatic heterocycles. The Labute approximate surface area is 94.2 Å². The average Bonchev–Trinajstić information content (AvgIpc) is 3.05. The predicted octanol–water partition coefficient (Wildman–Crippen LogP) is 2.26. The molecule has 2 unspecified atom stereocenters. The van der Waals surface area contributed by atoms with Crippen LogP contribution in [0.4, 0.5) is 0 Å². The summed E-state index contributed by atoms with van der Waals surface area (Å²) in [5.41, 5.74) is 6.78. The molecule has 0 amide bonds. The fraction of sp³-hybridized carbons (Fsp3) is 0.286. The van der Waals surface area contributed by atoms with Gasteiger partial charge in [-0.15, -0.1) is 0 Å². The summed E-state index contributed by atoms with van der Waals surface area (Å²) in [6.45, 7) is 0.681. The number of methoxy groups -OCH3 is 1. The van der Waals surface area contributed by atoms with Gasteiger partial charge in [-0.1, -0.05) is 24.3 Å². The van der Waals surface area contributed by atoms with Gasteiger partial charge in [0, 0.05) is 7.11 Å². The van der Waals surface area contributed by atoms with Crippen molar-refractivity contribution in [3.63, 3.8) is 0 Å². The molecular weight excluding hydrogens is 200 g/mol. The van der Waals surface area contributed by atoms with E-state index >= 15 is 0 Å². The van der Waals surface area contributed by atoms with Crippen molar-refractivity contribution in [2.45, 2.75) is 12.2 Å². The topological polar surface area (TPSA) is 21.8 Å². The second-order valence-electron chi connectivity index (χ2n) is 4.50. The molecule has 2 nitrogen and oxygen atoms in total. The van der Waals surface area contributed by atoms with Crippen LogP contribution < -0.4 is 0 Å². The highest BCUT2D eigenvalue weighted by atomic mass is 16.6. The number of fused-ring (bicyclic) bond motifs is 5. The molecule has 3 aliphatic rings. The Morgan fingerprint density at radius 3 is 2.81 bits per heavy atom. The minimum absolute atomic E-state index is 0.284. The van der Waals surface area contributed by atoms with Crippen LogP contribution in [-0.2, 0) is 9.47 Å². The Bertz CT molecular complexity index is 539. The number of hydrogen-bond acceptors (Lipinski definition) is 2. The third-order valence-electron chi connectivity index (χ3n) is 3.58. The van der Waals surface area contributed by atoms with Crippen LogP contribution >= 0.6 is 0 Å². The zero-order valence-corrected chi connectivity index (χ0v) is 9.07. The number of allylic oxidation sites excluding steroid dienone is 2. The highest BCUT2D eigenvalue weighted by molar-refractivity contribution is 6.11.